The van der Waals surface area contributed by atoms with E-state index in [0.29, 0.717) is 16.7 Å². The van der Waals surface area contributed by atoms with Crippen molar-refractivity contribution in [3.63, 3.8) is 0 Å². The Bertz CT molecular complexity index is 1820. The van der Waals surface area contributed by atoms with Gasteiger partial charge in [0.15, 0.2) is 0 Å². The molecule has 0 heterocycles. The highest BCUT2D eigenvalue weighted by molar-refractivity contribution is 6.05. The molecule has 0 fully saturated rings. The minimum absolute atomic E-state index is 0.0358. The first kappa shape index (κ1) is 45.8. The van der Waals surface area contributed by atoms with Gasteiger partial charge in [-0.3, -0.25) is 24.0 Å². The van der Waals surface area contributed by atoms with Crippen molar-refractivity contribution in [2.75, 3.05) is 0 Å². The second kappa shape index (κ2) is 22.2. The van der Waals surface area contributed by atoms with Crippen LogP contribution < -0.4 is 26.7 Å². The molecule has 3 rings (SSSR count). The van der Waals surface area contributed by atoms with E-state index in [0.717, 1.165) is 0 Å². The average molecular weight is 784 g/mol. The van der Waals surface area contributed by atoms with Crippen molar-refractivity contribution in [3.8, 4) is 0 Å². The number of nitrogens with one attached hydrogen (secondary N) is 5. The van der Waals surface area contributed by atoms with Crippen LogP contribution in [0.5, 0.6) is 0 Å². The van der Waals surface area contributed by atoms with Crippen LogP contribution in [-0.4, -0.2) is 76.5 Å². The van der Waals surface area contributed by atoms with Gasteiger partial charge in [-0.1, -0.05) is 119 Å². The fourth-order valence-corrected chi connectivity index (χ4v) is 5.97. The Morgan fingerprint density at radius 1 is 0.596 bits per heavy atom. The van der Waals surface area contributed by atoms with E-state index in [-0.39, 0.29) is 43.1 Å². The normalized spacial score (nSPS) is 14.0. The van der Waals surface area contributed by atoms with Gasteiger partial charge in [0.05, 0.1) is 11.2 Å². The maximum Gasteiger partial charge on any atom is 0.326 e. The number of hydrogen-bond acceptors (Lipinski definition) is 8. The summed E-state index contributed by atoms with van der Waals surface area (Å²) in [4.78, 5) is 86.2. The third-order valence-corrected chi connectivity index (χ3v) is 8.72. The van der Waals surface area contributed by atoms with Crippen LogP contribution in [0.2, 0.25) is 0 Å². The van der Waals surface area contributed by atoms with Crippen molar-refractivity contribution in [1.29, 1.82) is 0 Å². The number of hydroxylamine groups is 1. The van der Waals surface area contributed by atoms with Crippen molar-refractivity contribution in [2.45, 2.75) is 110 Å². The van der Waals surface area contributed by atoms with Crippen LogP contribution in [-0.2, 0) is 46.4 Å². The van der Waals surface area contributed by atoms with Crippen molar-refractivity contribution >= 4 is 41.1 Å². The van der Waals surface area contributed by atoms with Crippen molar-refractivity contribution in [2.24, 2.45) is 11.8 Å². The molecule has 0 unspecified atom stereocenters. The largest absolute Gasteiger partial charge is 0.480 e. The summed E-state index contributed by atoms with van der Waals surface area (Å²) >= 11 is 0. The maximum absolute atomic E-state index is 14.2. The second-order valence-corrected chi connectivity index (χ2v) is 15.9. The monoisotopic (exact) mass is 783 g/mol. The topological polar surface area (TPSA) is 192 Å². The third kappa shape index (κ3) is 15.8. The van der Waals surface area contributed by atoms with E-state index >= 15 is 0 Å². The number of carbonyl (C=O) groups is 5. The van der Waals surface area contributed by atoms with E-state index in [1.54, 1.807) is 106 Å². The lowest BCUT2D eigenvalue weighted by molar-refractivity contribution is -0.142. The minimum Gasteiger partial charge on any atom is -0.480 e. The van der Waals surface area contributed by atoms with E-state index in [1.165, 1.54) is 0 Å². The fraction of sp³-hybridized carbons (Fsp3) is 0.432. The molecule has 0 spiro atoms. The summed E-state index contributed by atoms with van der Waals surface area (Å²) in [5, 5.41) is 20.9. The second-order valence-electron chi connectivity index (χ2n) is 15.9. The smallest absolute Gasteiger partial charge is 0.326 e. The molecule has 3 aromatic rings. The standard InChI is InChI=1S/C44H57N5O8/c1-28(2)23-34(40(52)48-37(43(55)56)26-31-19-13-9-14-20-31)45-41(53)36(25-30-17-11-8-12-18-30)46-39(51)35(24-29(3)4)47-42(54)38(49-57-44(5,6)7)33(27-50)32-21-15-10-16-22-32/h8-22,28-29,34-38,49H,23-26H2,1-7H3,(H,45,53)(H,46,51)(H,47,54)(H,48,52)(H,55,56)/t34-,35-,36+,37+,38+/m1/s1. The first-order chi connectivity index (χ1) is 27.0. The number of rotatable bonds is 21. The molecule has 4 amide bonds. The fourth-order valence-electron chi connectivity index (χ4n) is 5.97. The highest BCUT2D eigenvalue weighted by Crippen LogP contribution is 2.19. The molecule has 13 nitrogen and oxygen atoms in total. The van der Waals surface area contributed by atoms with Crippen LogP contribution in [0.4, 0.5) is 0 Å². The molecule has 0 aromatic heterocycles. The molecule has 0 aliphatic carbocycles. The molecule has 0 bridgehead atoms. The predicted octanol–water partition coefficient (Wildman–Crippen LogP) is 4.19. The summed E-state index contributed by atoms with van der Waals surface area (Å²) < 4.78 is 0. The van der Waals surface area contributed by atoms with Crippen LogP contribution in [0.25, 0.3) is 5.57 Å². The number of aliphatic carboxylic acids is 1. The quantitative estimate of drug-likeness (QED) is 0.0680. The molecule has 0 saturated carbocycles. The van der Waals surface area contributed by atoms with Gasteiger partial charge in [0, 0.05) is 12.8 Å². The predicted molar refractivity (Wildman–Crippen MR) is 218 cm³/mol. The molecular formula is C44H57N5O8. The van der Waals surface area contributed by atoms with Crippen LogP contribution >= 0.6 is 0 Å². The number of amides is 4. The van der Waals surface area contributed by atoms with Crippen LogP contribution in [0, 0.1) is 11.8 Å². The van der Waals surface area contributed by atoms with Crippen molar-refractivity contribution < 1.29 is 38.7 Å². The van der Waals surface area contributed by atoms with Gasteiger partial charge in [-0.15, -0.1) is 0 Å². The molecule has 0 radical (unpaired) electrons. The SMILES string of the molecule is CC(C)C[C@@H](NC(=O)[C@@H](NOC(C)(C)C)C(=C=O)c1ccccc1)C(=O)N[C@@H](Cc1ccccc1)C(=O)N[C@H](CC(C)C)C(=O)N[C@@H](Cc1ccccc1)C(=O)O. The summed E-state index contributed by atoms with van der Waals surface area (Å²) in [6, 6.07) is 20.3. The Labute approximate surface area is 335 Å². The molecule has 3 aromatic carbocycles. The molecular weight excluding hydrogens is 727 g/mol. The first-order valence-corrected chi connectivity index (χ1v) is 19.2. The van der Waals surface area contributed by atoms with Gasteiger partial charge in [-0.2, -0.15) is 5.48 Å². The third-order valence-electron chi connectivity index (χ3n) is 8.72. The van der Waals surface area contributed by atoms with Gasteiger partial charge in [0.25, 0.3) is 0 Å². The van der Waals surface area contributed by atoms with E-state index in [4.69, 9.17) is 4.84 Å². The zero-order valence-corrected chi connectivity index (χ0v) is 33.8. The van der Waals surface area contributed by atoms with Crippen molar-refractivity contribution in [1.82, 2.24) is 26.7 Å². The zero-order chi connectivity index (χ0) is 42.1. The minimum atomic E-state index is -1.36. The van der Waals surface area contributed by atoms with E-state index in [1.807, 2.05) is 39.7 Å². The van der Waals surface area contributed by atoms with Gasteiger partial charge in [-0.05, 0) is 62.1 Å². The molecule has 0 aliphatic rings. The van der Waals surface area contributed by atoms with Crippen LogP contribution in [0.15, 0.2) is 91.0 Å². The molecule has 0 saturated heterocycles. The van der Waals surface area contributed by atoms with E-state index < -0.39 is 65.4 Å². The summed E-state index contributed by atoms with van der Waals surface area (Å²) in [7, 11) is 0. The summed E-state index contributed by atoms with van der Waals surface area (Å²) in [5.41, 5.74) is 3.77. The summed E-state index contributed by atoms with van der Waals surface area (Å²) in [6.45, 7) is 12.8. The number of carboxylic acid groups (broad SMARTS) is 1. The van der Waals surface area contributed by atoms with Gasteiger partial charge >= 0.3 is 5.97 Å². The molecule has 13 heteroatoms. The Morgan fingerprint density at radius 3 is 1.40 bits per heavy atom. The number of carbonyl (C=O) groups excluding carboxylic acids is 5. The van der Waals surface area contributed by atoms with E-state index in [9.17, 15) is 33.9 Å². The Kier molecular flexibility index (Phi) is 17.8. The summed E-state index contributed by atoms with van der Waals surface area (Å²) in [5.74, 6) is -2.27. The molecule has 57 heavy (non-hydrogen) atoms. The van der Waals surface area contributed by atoms with E-state index in [2.05, 4.69) is 26.7 Å². The molecule has 5 atom stereocenters. The average Bonchev–Trinajstić information content (AvgIpc) is 3.15. The molecule has 0 aliphatic heterocycles. The molecule has 306 valence electrons. The first-order valence-electron chi connectivity index (χ1n) is 19.2. The van der Waals surface area contributed by atoms with Crippen molar-refractivity contribution in [3.05, 3.63) is 108 Å². The van der Waals surface area contributed by atoms with Crippen LogP contribution in [0.3, 0.4) is 0 Å². The highest BCUT2D eigenvalue weighted by Gasteiger charge is 2.35. The number of benzene rings is 3. The Hall–Kier alpha value is -5.62. The van der Waals surface area contributed by atoms with Gasteiger partial charge in [0.1, 0.15) is 36.2 Å². The Balaban J connectivity index is 1.91. The maximum atomic E-state index is 14.2. The lowest BCUT2D eigenvalue weighted by Crippen LogP contribution is -2.59. The molecule has 6 N–H and O–H groups in total. The zero-order valence-electron chi connectivity index (χ0n) is 33.8. The number of carboxylic acids is 1. The summed E-state index contributed by atoms with van der Waals surface area (Å²) in [6.07, 6.45) is 0.435. The Morgan fingerprint density at radius 2 is 0.982 bits per heavy atom. The number of hydrogen-bond donors (Lipinski definition) is 6. The lowest BCUT2D eigenvalue weighted by Gasteiger charge is -2.29. The highest BCUT2D eigenvalue weighted by atomic mass is 16.7. The van der Waals surface area contributed by atoms with Gasteiger partial charge in [-0.25, -0.2) is 9.59 Å². The van der Waals surface area contributed by atoms with Crippen LogP contribution in [0.1, 0.15) is 78.0 Å². The lowest BCUT2D eigenvalue weighted by atomic mass is 9.97. The van der Waals surface area contributed by atoms with Gasteiger partial charge in [0.2, 0.25) is 23.6 Å². The van der Waals surface area contributed by atoms with Gasteiger partial charge < -0.3 is 26.4 Å².